The Kier molecular flexibility index (Phi) is 8.87. The zero-order valence-electron chi connectivity index (χ0n) is 31.8. The number of ether oxygens (including phenoxy) is 2. The highest BCUT2D eigenvalue weighted by molar-refractivity contribution is 6.11. The van der Waals surface area contributed by atoms with E-state index in [0.29, 0.717) is 33.6 Å². The van der Waals surface area contributed by atoms with E-state index >= 15 is 0 Å². The van der Waals surface area contributed by atoms with Crippen LogP contribution in [0.3, 0.4) is 0 Å². The Labute approximate surface area is 296 Å². The fourth-order valence-electron chi connectivity index (χ4n) is 6.40. The lowest BCUT2D eigenvalue weighted by Gasteiger charge is -2.46. The molecule has 2 aliphatic rings. The van der Waals surface area contributed by atoms with Crippen LogP contribution in [-0.2, 0) is 11.2 Å². The van der Waals surface area contributed by atoms with Crippen molar-refractivity contribution < 1.29 is 28.9 Å². The summed E-state index contributed by atoms with van der Waals surface area (Å²) in [6.45, 7) is 26.0. The van der Waals surface area contributed by atoms with E-state index < -0.39 is 27.4 Å². The molecule has 0 saturated carbocycles. The number of hydrogen-bond donors (Lipinski definition) is 2. The van der Waals surface area contributed by atoms with E-state index in [1.807, 2.05) is 99.6 Å². The molecule has 50 heavy (non-hydrogen) atoms. The Morgan fingerprint density at radius 3 is 2.04 bits per heavy atom. The Morgan fingerprint density at radius 1 is 0.900 bits per heavy atom. The van der Waals surface area contributed by atoms with Gasteiger partial charge in [-0.05, 0) is 81.4 Å². The number of benzene rings is 2. The van der Waals surface area contributed by atoms with E-state index in [4.69, 9.17) is 13.9 Å². The van der Waals surface area contributed by atoms with Crippen molar-refractivity contribution in [3.63, 3.8) is 0 Å². The molecule has 3 aromatic rings. The summed E-state index contributed by atoms with van der Waals surface area (Å²) in [5, 5.41) is 22.2. The lowest BCUT2D eigenvalue weighted by molar-refractivity contribution is -0.114. The summed E-state index contributed by atoms with van der Waals surface area (Å²) in [4.78, 5) is 28.5. The lowest BCUT2D eigenvalue weighted by Crippen LogP contribution is -2.49. The molecule has 7 nitrogen and oxygen atoms in total. The van der Waals surface area contributed by atoms with Gasteiger partial charge in [0.05, 0.1) is 11.1 Å². The Bertz CT molecular complexity index is 2040. The third-order valence-corrected chi connectivity index (χ3v) is 9.46. The van der Waals surface area contributed by atoms with E-state index in [9.17, 15) is 19.8 Å². The van der Waals surface area contributed by atoms with Gasteiger partial charge < -0.3 is 24.1 Å². The van der Waals surface area contributed by atoms with Gasteiger partial charge in [0.2, 0.25) is 5.43 Å². The Hall–Kier alpha value is -4.52. The number of hydrogen-bond acceptors (Lipinski definition) is 7. The molecule has 266 valence electrons. The van der Waals surface area contributed by atoms with E-state index in [0.717, 1.165) is 5.57 Å². The highest BCUT2D eigenvalue weighted by Crippen LogP contribution is 2.50. The quantitative estimate of drug-likeness (QED) is 0.258. The van der Waals surface area contributed by atoms with E-state index in [2.05, 4.69) is 20.8 Å². The van der Waals surface area contributed by atoms with Gasteiger partial charge in [-0.1, -0.05) is 74.0 Å². The van der Waals surface area contributed by atoms with Crippen LogP contribution in [0.4, 0.5) is 0 Å². The molecule has 2 heterocycles. The van der Waals surface area contributed by atoms with Gasteiger partial charge >= 0.3 is 0 Å². The van der Waals surface area contributed by atoms with E-state index in [-0.39, 0.29) is 51.6 Å². The van der Waals surface area contributed by atoms with Crippen LogP contribution in [0.25, 0.3) is 28.4 Å². The van der Waals surface area contributed by atoms with Crippen molar-refractivity contribution in [3.05, 3.63) is 86.6 Å². The molecule has 7 heteroatoms. The fraction of sp³-hybridized carbons (Fsp3) is 0.442. The second kappa shape index (κ2) is 12.1. The first-order valence-electron chi connectivity index (χ1n) is 17.3. The molecule has 2 aromatic carbocycles. The summed E-state index contributed by atoms with van der Waals surface area (Å²) in [7, 11) is 0. The maximum absolute atomic E-state index is 14.4. The van der Waals surface area contributed by atoms with Crippen molar-refractivity contribution >= 4 is 22.8 Å². The molecule has 1 aliphatic heterocycles. The second-order valence-electron chi connectivity index (χ2n) is 17.5. The number of phenols is 2. The van der Waals surface area contributed by atoms with Crippen LogP contribution in [0, 0.1) is 16.2 Å². The molecule has 0 saturated heterocycles. The molecule has 2 N–H and O–H groups in total. The highest BCUT2D eigenvalue weighted by Gasteiger charge is 2.49. The third kappa shape index (κ3) is 6.67. The van der Waals surface area contributed by atoms with Gasteiger partial charge in [0.25, 0.3) is 0 Å². The number of phenolic OH excluding ortho intramolecular Hbond substituents is 2. The van der Waals surface area contributed by atoms with Gasteiger partial charge in [0.1, 0.15) is 39.7 Å². The zero-order chi connectivity index (χ0) is 37.4. The summed E-state index contributed by atoms with van der Waals surface area (Å²) in [5.41, 5.74) is 0.0550. The molecule has 1 aromatic heterocycles. The molecular weight excluding hydrogens is 628 g/mol. The Morgan fingerprint density at radius 2 is 1.50 bits per heavy atom. The van der Waals surface area contributed by atoms with Crippen LogP contribution in [0.1, 0.15) is 101 Å². The summed E-state index contributed by atoms with van der Waals surface area (Å²) >= 11 is 0. The number of Topliss-reactive ketones (excluding diaryl/α,β-unsaturated/α-hetero) is 1. The van der Waals surface area contributed by atoms with Crippen LogP contribution in [0.5, 0.6) is 23.0 Å². The molecule has 0 fully saturated rings. The predicted octanol–water partition coefficient (Wildman–Crippen LogP) is 10.3. The smallest absolute Gasteiger partial charge is 0.200 e. The van der Waals surface area contributed by atoms with Gasteiger partial charge in [-0.15, -0.1) is 0 Å². The van der Waals surface area contributed by atoms with Gasteiger partial charge in [-0.3, -0.25) is 9.59 Å². The molecule has 0 radical (unpaired) electrons. The number of allylic oxidation sites excluding steroid dienone is 4. The van der Waals surface area contributed by atoms with Crippen molar-refractivity contribution in [3.8, 4) is 34.3 Å². The van der Waals surface area contributed by atoms with Crippen LogP contribution >= 0.6 is 0 Å². The molecule has 1 aliphatic carbocycles. The van der Waals surface area contributed by atoms with Gasteiger partial charge in [0, 0.05) is 34.3 Å². The van der Waals surface area contributed by atoms with E-state index in [1.165, 1.54) is 18.2 Å². The van der Waals surface area contributed by atoms with Gasteiger partial charge in [-0.2, -0.15) is 0 Å². The van der Waals surface area contributed by atoms with Gasteiger partial charge in [-0.25, -0.2) is 0 Å². The summed E-state index contributed by atoms with van der Waals surface area (Å²) in [6.07, 6.45) is 9.75. The van der Waals surface area contributed by atoms with Crippen molar-refractivity contribution in [2.45, 2.75) is 108 Å². The largest absolute Gasteiger partial charge is 0.508 e. The molecular formula is C43H52O7. The van der Waals surface area contributed by atoms with Crippen LogP contribution in [-0.4, -0.2) is 27.2 Å². The minimum atomic E-state index is -1.15. The number of aromatic hydroxyl groups is 2. The minimum Gasteiger partial charge on any atom is -0.508 e. The SMILES string of the molecule is CC(C)=CCc1c(-c2ccc(O)cc2OC2(C(C)(C)C)C=C(C(C)(C)C)C(=O)C(C(C)(C)C)=C2)oc2c3c(cc(O)c2c1=O)OC(C)(C)C=C3. The number of fused-ring (bicyclic) bond motifs is 3. The van der Waals surface area contributed by atoms with Crippen molar-refractivity contribution in [1.82, 2.24) is 0 Å². The zero-order valence-corrected chi connectivity index (χ0v) is 31.8. The topological polar surface area (TPSA) is 106 Å². The first-order valence-corrected chi connectivity index (χ1v) is 17.3. The van der Waals surface area contributed by atoms with Crippen LogP contribution in [0.2, 0.25) is 0 Å². The van der Waals surface area contributed by atoms with Crippen LogP contribution in [0.15, 0.2) is 74.5 Å². The van der Waals surface area contributed by atoms with Gasteiger partial charge in [0.15, 0.2) is 17.0 Å². The summed E-state index contributed by atoms with van der Waals surface area (Å²) in [5.74, 6) is 0.626. The highest BCUT2D eigenvalue weighted by atomic mass is 16.5. The number of ketones is 1. The van der Waals surface area contributed by atoms with Crippen molar-refractivity contribution in [1.29, 1.82) is 0 Å². The first kappa shape index (κ1) is 36.8. The van der Waals surface area contributed by atoms with Crippen molar-refractivity contribution in [2.24, 2.45) is 16.2 Å². The predicted molar refractivity (Wildman–Crippen MR) is 201 cm³/mol. The molecule has 0 atom stereocenters. The summed E-state index contributed by atoms with van der Waals surface area (Å²) < 4.78 is 20.0. The first-order chi connectivity index (χ1) is 22.8. The second-order valence-corrected chi connectivity index (χ2v) is 17.5. The standard InChI is InChI=1S/C43H52O7/c1-24(2)14-16-28-35(46)34-31(45)21-33-27(18-19-42(12,13)49-33)38(34)48-37(28)26-17-15-25(44)20-32(26)50-43(41(9,10)11)22-29(39(3,4)5)36(47)30(23-43)40(6,7)8/h14-15,17-23,44-45H,16H2,1-13H3. The number of carbonyl (C=O) groups is 1. The Balaban J connectivity index is 1.87. The third-order valence-electron chi connectivity index (χ3n) is 9.46. The maximum atomic E-state index is 14.4. The number of carbonyl (C=O) groups excluding carboxylic acids is 1. The van der Waals surface area contributed by atoms with Crippen molar-refractivity contribution in [2.75, 3.05) is 0 Å². The molecule has 0 amide bonds. The fourth-order valence-corrected chi connectivity index (χ4v) is 6.40. The van der Waals surface area contributed by atoms with Crippen LogP contribution < -0.4 is 14.9 Å². The molecule has 5 rings (SSSR count). The normalized spacial score (nSPS) is 17.1. The molecule has 0 unspecified atom stereocenters. The number of rotatable bonds is 5. The molecule has 0 bridgehead atoms. The lowest BCUT2D eigenvalue weighted by atomic mass is 9.64. The average Bonchev–Trinajstić information content (AvgIpc) is 2.95. The average molecular weight is 681 g/mol. The summed E-state index contributed by atoms with van der Waals surface area (Å²) in [6, 6.07) is 6.20. The molecule has 0 spiro atoms. The van der Waals surface area contributed by atoms with E-state index in [1.54, 1.807) is 6.07 Å². The maximum Gasteiger partial charge on any atom is 0.200 e. The monoisotopic (exact) mass is 680 g/mol. The minimum absolute atomic E-state index is 0.0165.